The molecule has 7 nitrogen and oxygen atoms in total. The van der Waals surface area contributed by atoms with Crippen molar-refractivity contribution in [2.75, 3.05) is 35.7 Å². The van der Waals surface area contributed by atoms with Crippen LogP contribution in [-0.2, 0) is 9.53 Å². The second-order valence-corrected chi connectivity index (χ2v) is 9.00. The fourth-order valence-corrected chi connectivity index (χ4v) is 4.96. The number of hydrogen-bond acceptors (Lipinski definition) is 8. The summed E-state index contributed by atoms with van der Waals surface area (Å²) in [6, 6.07) is 7.27. The predicted molar refractivity (Wildman–Crippen MR) is 110 cm³/mol. The van der Waals surface area contributed by atoms with Crippen LogP contribution in [0.25, 0.3) is 0 Å². The molecular formula is C19H22N4O3S2. The lowest BCUT2D eigenvalue weighted by Crippen LogP contribution is -2.23. The SMILES string of the molecule is O=C(CSc1nnc(NC[C@@H]2CCCO2)s1)c1ccc(N2CCCC2=O)cc1. The number of ketones is 1. The molecule has 3 heterocycles. The van der Waals surface area contributed by atoms with Gasteiger partial charge in [-0.2, -0.15) is 0 Å². The lowest BCUT2D eigenvalue weighted by atomic mass is 10.1. The summed E-state index contributed by atoms with van der Waals surface area (Å²) >= 11 is 2.84. The van der Waals surface area contributed by atoms with Gasteiger partial charge in [0.25, 0.3) is 0 Å². The summed E-state index contributed by atoms with van der Waals surface area (Å²) in [4.78, 5) is 26.0. The Labute approximate surface area is 171 Å². The van der Waals surface area contributed by atoms with Crippen molar-refractivity contribution in [3.8, 4) is 0 Å². The van der Waals surface area contributed by atoms with Gasteiger partial charge in [0.2, 0.25) is 11.0 Å². The second-order valence-electron chi connectivity index (χ2n) is 6.80. The maximum atomic E-state index is 12.4. The average Bonchev–Trinajstić information content (AvgIpc) is 3.47. The Morgan fingerprint density at radius 1 is 1.29 bits per heavy atom. The molecule has 0 radical (unpaired) electrons. The van der Waals surface area contributed by atoms with Crippen LogP contribution in [0, 0.1) is 0 Å². The van der Waals surface area contributed by atoms with Crippen molar-refractivity contribution < 1.29 is 14.3 Å². The van der Waals surface area contributed by atoms with E-state index in [0.717, 1.165) is 54.1 Å². The third-order valence-corrected chi connectivity index (χ3v) is 6.83. The molecule has 1 amide bonds. The van der Waals surface area contributed by atoms with Crippen molar-refractivity contribution in [1.82, 2.24) is 10.2 Å². The minimum absolute atomic E-state index is 0.0355. The molecule has 0 bridgehead atoms. The summed E-state index contributed by atoms with van der Waals surface area (Å²) < 4.78 is 6.34. The van der Waals surface area contributed by atoms with Crippen molar-refractivity contribution in [2.24, 2.45) is 0 Å². The number of nitrogens with one attached hydrogen (secondary N) is 1. The largest absolute Gasteiger partial charge is 0.376 e. The van der Waals surface area contributed by atoms with Crippen LogP contribution < -0.4 is 10.2 Å². The number of amides is 1. The van der Waals surface area contributed by atoms with Crippen LogP contribution in [0.2, 0.25) is 0 Å². The first-order chi connectivity index (χ1) is 13.7. The summed E-state index contributed by atoms with van der Waals surface area (Å²) in [5.41, 5.74) is 1.50. The van der Waals surface area contributed by atoms with Crippen molar-refractivity contribution in [3.63, 3.8) is 0 Å². The molecule has 1 atom stereocenters. The molecule has 28 heavy (non-hydrogen) atoms. The molecule has 0 aliphatic carbocycles. The van der Waals surface area contributed by atoms with Crippen molar-refractivity contribution >= 4 is 45.6 Å². The number of carbonyl (C=O) groups excluding carboxylic acids is 2. The summed E-state index contributed by atoms with van der Waals surface area (Å²) in [5, 5.41) is 12.3. The first kappa shape index (κ1) is 19.4. The van der Waals surface area contributed by atoms with Crippen LogP contribution in [0.3, 0.4) is 0 Å². The molecule has 1 aromatic carbocycles. The van der Waals surface area contributed by atoms with E-state index in [1.165, 1.54) is 23.1 Å². The van der Waals surface area contributed by atoms with Crippen molar-refractivity contribution in [3.05, 3.63) is 29.8 Å². The van der Waals surface area contributed by atoms with Crippen molar-refractivity contribution in [1.29, 1.82) is 0 Å². The van der Waals surface area contributed by atoms with Crippen LogP contribution >= 0.6 is 23.1 Å². The fraction of sp³-hybridized carbons (Fsp3) is 0.474. The van der Waals surface area contributed by atoms with Gasteiger partial charge in [0.15, 0.2) is 10.1 Å². The minimum atomic E-state index is 0.0355. The van der Waals surface area contributed by atoms with Gasteiger partial charge in [-0.1, -0.05) is 23.1 Å². The highest BCUT2D eigenvalue weighted by atomic mass is 32.2. The molecule has 2 aliphatic heterocycles. The Kier molecular flexibility index (Phi) is 6.23. The third-order valence-electron chi connectivity index (χ3n) is 4.81. The first-order valence-electron chi connectivity index (χ1n) is 9.44. The second kappa shape index (κ2) is 9.02. The maximum Gasteiger partial charge on any atom is 0.227 e. The number of anilines is 2. The van der Waals surface area contributed by atoms with E-state index >= 15 is 0 Å². The third kappa shape index (κ3) is 4.71. The molecule has 0 spiro atoms. The highest BCUT2D eigenvalue weighted by Crippen LogP contribution is 2.27. The van der Waals surface area contributed by atoms with Crippen LogP contribution in [0.15, 0.2) is 28.6 Å². The van der Waals surface area contributed by atoms with Crippen LogP contribution in [0.5, 0.6) is 0 Å². The monoisotopic (exact) mass is 418 g/mol. The number of ether oxygens (including phenoxy) is 1. The molecule has 2 saturated heterocycles. The van der Waals surface area contributed by atoms with Gasteiger partial charge in [0.1, 0.15) is 0 Å². The van der Waals surface area contributed by atoms with E-state index in [-0.39, 0.29) is 17.8 Å². The number of carbonyl (C=O) groups is 2. The standard InChI is InChI=1S/C19H22N4O3S2/c24-16(13-5-7-14(8-6-13)23-9-1-4-17(23)25)12-27-19-22-21-18(28-19)20-11-15-3-2-10-26-15/h5-8,15H,1-4,9-12H2,(H,20,21)/t15-/m0/s1. The van der Waals surface area contributed by atoms with Gasteiger partial charge in [-0.3, -0.25) is 9.59 Å². The Bertz CT molecular complexity index is 834. The van der Waals surface area contributed by atoms with Gasteiger partial charge >= 0.3 is 0 Å². The highest BCUT2D eigenvalue weighted by molar-refractivity contribution is 8.01. The summed E-state index contributed by atoms with van der Waals surface area (Å²) in [7, 11) is 0. The topological polar surface area (TPSA) is 84.4 Å². The Morgan fingerprint density at radius 3 is 2.86 bits per heavy atom. The maximum absolute atomic E-state index is 12.4. The fourth-order valence-electron chi connectivity index (χ4n) is 3.31. The zero-order chi connectivity index (χ0) is 19.3. The number of benzene rings is 1. The Morgan fingerprint density at radius 2 is 2.14 bits per heavy atom. The summed E-state index contributed by atoms with van der Waals surface area (Å²) in [6.07, 6.45) is 3.93. The van der Waals surface area contributed by atoms with E-state index in [1.807, 2.05) is 12.1 Å². The zero-order valence-electron chi connectivity index (χ0n) is 15.4. The zero-order valence-corrected chi connectivity index (χ0v) is 17.1. The van der Waals surface area contributed by atoms with E-state index < -0.39 is 0 Å². The number of nitrogens with zero attached hydrogens (tertiary/aromatic N) is 3. The summed E-state index contributed by atoms with van der Waals surface area (Å²) in [5.74, 6) is 0.491. The van der Waals surface area contributed by atoms with Gasteiger partial charge in [0.05, 0.1) is 11.9 Å². The van der Waals surface area contributed by atoms with E-state index in [4.69, 9.17) is 4.74 Å². The van der Waals surface area contributed by atoms with Crippen LogP contribution in [-0.4, -0.2) is 53.4 Å². The number of hydrogen-bond donors (Lipinski definition) is 1. The first-order valence-corrected chi connectivity index (χ1v) is 11.2. The normalized spacial score (nSPS) is 19.4. The lowest BCUT2D eigenvalue weighted by Gasteiger charge is -2.15. The number of Topliss-reactive ketones (excluding diaryl/α,β-unsaturated/α-hetero) is 1. The van der Waals surface area contributed by atoms with E-state index in [9.17, 15) is 9.59 Å². The molecule has 0 saturated carbocycles. The molecule has 1 aromatic heterocycles. The smallest absolute Gasteiger partial charge is 0.227 e. The highest BCUT2D eigenvalue weighted by Gasteiger charge is 2.22. The van der Waals surface area contributed by atoms with Gasteiger partial charge in [-0.05, 0) is 43.5 Å². The number of thioether (sulfide) groups is 1. The molecular weight excluding hydrogens is 396 g/mol. The van der Waals surface area contributed by atoms with Crippen LogP contribution in [0.4, 0.5) is 10.8 Å². The predicted octanol–water partition coefficient (Wildman–Crippen LogP) is 3.23. The van der Waals surface area contributed by atoms with Gasteiger partial charge in [-0.25, -0.2) is 0 Å². The Balaban J connectivity index is 1.26. The molecule has 2 aliphatic rings. The Hall–Kier alpha value is -1.97. The van der Waals surface area contributed by atoms with E-state index in [0.29, 0.717) is 17.7 Å². The lowest BCUT2D eigenvalue weighted by molar-refractivity contribution is -0.117. The van der Waals surface area contributed by atoms with Gasteiger partial charge in [0, 0.05) is 37.4 Å². The minimum Gasteiger partial charge on any atom is -0.376 e. The van der Waals surface area contributed by atoms with E-state index in [1.54, 1.807) is 17.0 Å². The molecule has 9 heteroatoms. The van der Waals surface area contributed by atoms with Gasteiger partial charge < -0.3 is 15.0 Å². The van der Waals surface area contributed by atoms with Gasteiger partial charge in [-0.15, -0.1) is 10.2 Å². The number of rotatable bonds is 8. The molecule has 2 aromatic rings. The van der Waals surface area contributed by atoms with Crippen molar-refractivity contribution in [2.45, 2.75) is 36.1 Å². The van der Waals surface area contributed by atoms with Crippen LogP contribution in [0.1, 0.15) is 36.0 Å². The number of aromatic nitrogens is 2. The molecule has 2 fully saturated rings. The molecule has 148 valence electrons. The molecule has 1 N–H and O–H groups in total. The molecule has 0 unspecified atom stereocenters. The summed E-state index contributed by atoms with van der Waals surface area (Å²) in [6.45, 7) is 2.33. The average molecular weight is 419 g/mol. The molecule has 4 rings (SSSR count). The van der Waals surface area contributed by atoms with E-state index in [2.05, 4.69) is 15.5 Å². The quantitative estimate of drug-likeness (QED) is 0.520.